The number of nitrogens with one attached hydrogen (secondary N) is 1. The van der Waals surface area contributed by atoms with Crippen LogP contribution in [0.15, 0.2) is 36.4 Å². The van der Waals surface area contributed by atoms with Crippen LogP contribution in [-0.4, -0.2) is 45.2 Å². The molecule has 32 heavy (non-hydrogen) atoms. The number of aromatic nitrogens is 1. The van der Waals surface area contributed by atoms with Crippen LogP contribution in [0.4, 0.5) is 4.79 Å². The van der Waals surface area contributed by atoms with Crippen molar-refractivity contribution < 1.29 is 23.7 Å². The Morgan fingerprint density at radius 1 is 1.16 bits per heavy atom. The van der Waals surface area contributed by atoms with Crippen molar-refractivity contribution in [1.29, 1.82) is 0 Å². The van der Waals surface area contributed by atoms with Crippen molar-refractivity contribution in [3.63, 3.8) is 0 Å². The van der Waals surface area contributed by atoms with Gasteiger partial charge in [-0.3, -0.25) is 4.98 Å². The fourth-order valence-electron chi connectivity index (χ4n) is 3.24. The second-order valence-corrected chi connectivity index (χ2v) is 7.24. The number of hydrogen-bond acceptors (Lipinski definition) is 7. The van der Waals surface area contributed by atoms with Crippen molar-refractivity contribution in [3.8, 4) is 22.6 Å². The first-order valence-corrected chi connectivity index (χ1v) is 10.1. The lowest BCUT2D eigenvalue weighted by molar-refractivity contribution is 0.00601. The Hall–Kier alpha value is -2.74. The molecule has 9 heteroatoms. The number of likely N-dealkylation sites (N-methyl/N-ethyl adjacent to an activating group) is 1. The summed E-state index contributed by atoms with van der Waals surface area (Å²) in [7, 11) is 3.31. The minimum atomic E-state index is -0.803. The molecule has 0 saturated carbocycles. The first-order chi connectivity index (χ1) is 15.0. The highest BCUT2D eigenvalue weighted by Gasteiger charge is 2.20. The van der Waals surface area contributed by atoms with E-state index < -0.39 is 6.16 Å². The molecule has 3 rings (SSSR count). The predicted octanol–water partition coefficient (Wildman–Crippen LogP) is 5.31. The van der Waals surface area contributed by atoms with Crippen molar-refractivity contribution in [2.75, 3.05) is 34.1 Å². The Morgan fingerprint density at radius 3 is 2.59 bits per heavy atom. The number of halogens is 2. The third kappa shape index (κ3) is 5.73. The first kappa shape index (κ1) is 25.5. The molecule has 172 valence electrons. The quantitative estimate of drug-likeness (QED) is 0.265. The van der Waals surface area contributed by atoms with E-state index in [4.69, 9.17) is 35.5 Å². The number of pyridine rings is 1. The molecule has 0 fully saturated rings. The number of ether oxygens (including phenoxy) is 4. The number of aryl methyl sites for hydroxylation is 2. The van der Waals surface area contributed by atoms with E-state index in [1.807, 2.05) is 38.1 Å². The number of methoxy groups -OCH3 is 1. The van der Waals surface area contributed by atoms with Crippen molar-refractivity contribution in [1.82, 2.24) is 10.3 Å². The Kier molecular flexibility index (Phi) is 9.38. The molecule has 7 nitrogen and oxygen atoms in total. The molecule has 0 radical (unpaired) electrons. The van der Waals surface area contributed by atoms with Gasteiger partial charge in [-0.1, -0.05) is 35.9 Å². The third-order valence-corrected chi connectivity index (χ3v) is 5.05. The van der Waals surface area contributed by atoms with Gasteiger partial charge < -0.3 is 24.3 Å². The summed E-state index contributed by atoms with van der Waals surface area (Å²) in [4.78, 5) is 16.5. The van der Waals surface area contributed by atoms with E-state index in [2.05, 4.69) is 5.32 Å². The zero-order valence-electron chi connectivity index (χ0n) is 18.4. The van der Waals surface area contributed by atoms with E-state index in [-0.39, 0.29) is 25.8 Å². The average Bonchev–Trinajstić information content (AvgIpc) is 2.75. The van der Waals surface area contributed by atoms with Gasteiger partial charge in [0.25, 0.3) is 0 Å². The molecule has 1 heterocycles. The molecule has 1 N–H and O–H groups in total. The van der Waals surface area contributed by atoms with Crippen LogP contribution in [0.5, 0.6) is 11.5 Å². The van der Waals surface area contributed by atoms with Crippen molar-refractivity contribution in [3.05, 3.63) is 52.7 Å². The minimum Gasteiger partial charge on any atom is -0.495 e. The van der Waals surface area contributed by atoms with Crippen LogP contribution in [0.25, 0.3) is 22.0 Å². The summed E-state index contributed by atoms with van der Waals surface area (Å²) in [5.74, 6) is 1.03. The lowest BCUT2D eigenvalue weighted by atomic mass is 9.96. The van der Waals surface area contributed by atoms with Crippen molar-refractivity contribution >= 4 is 41.1 Å². The summed E-state index contributed by atoms with van der Waals surface area (Å²) in [5.41, 5.74) is 4.25. The highest BCUT2D eigenvalue weighted by atomic mass is 35.5. The molecule has 0 atom stereocenters. The Labute approximate surface area is 198 Å². The van der Waals surface area contributed by atoms with Gasteiger partial charge in [-0.15, -0.1) is 12.4 Å². The summed E-state index contributed by atoms with van der Waals surface area (Å²) < 4.78 is 21.3. The maximum Gasteiger partial charge on any atom is 0.511 e. The summed E-state index contributed by atoms with van der Waals surface area (Å²) in [5, 5.41) is 3.99. The summed E-state index contributed by atoms with van der Waals surface area (Å²) in [6.07, 6.45) is -0.803. The van der Waals surface area contributed by atoms with Crippen LogP contribution in [0, 0.1) is 13.8 Å². The molecular formula is C23H26Cl2N2O5. The molecule has 0 spiro atoms. The fourth-order valence-corrected chi connectivity index (χ4v) is 3.48. The number of nitrogens with zero attached hydrogens (tertiary/aromatic N) is 1. The number of benzene rings is 2. The van der Waals surface area contributed by atoms with Crippen LogP contribution in [-0.2, 0) is 9.47 Å². The molecule has 0 saturated heterocycles. The number of carbonyl (C=O) groups is 1. The average molecular weight is 481 g/mol. The van der Waals surface area contributed by atoms with E-state index in [0.29, 0.717) is 34.0 Å². The zero-order chi connectivity index (χ0) is 22.4. The van der Waals surface area contributed by atoms with E-state index in [1.54, 1.807) is 26.3 Å². The van der Waals surface area contributed by atoms with E-state index in [0.717, 1.165) is 22.4 Å². The lowest BCUT2D eigenvalue weighted by Crippen LogP contribution is -2.19. The maximum absolute atomic E-state index is 11.8. The SMILES string of the molecule is CNCCOC(=O)OCOc1c(-c2ccccc2C)c(C)nc2cc(OC)c(Cl)cc12.Cl. The summed E-state index contributed by atoms with van der Waals surface area (Å²) >= 11 is 6.38. The van der Waals surface area contributed by atoms with Gasteiger partial charge in [0.15, 0.2) is 0 Å². The fraction of sp³-hybridized carbons (Fsp3) is 0.304. The van der Waals surface area contributed by atoms with Crippen LogP contribution < -0.4 is 14.8 Å². The molecular weight excluding hydrogens is 455 g/mol. The van der Waals surface area contributed by atoms with Gasteiger partial charge in [0.2, 0.25) is 6.79 Å². The Bertz CT molecular complexity index is 1090. The highest BCUT2D eigenvalue weighted by Crippen LogP contribution is 2.42. The van der Waals surface area contributed by atoms with Crippen LogP contribution in [0.1, 0.15) is 11.3 Å². The molecule has 0 aliphatic heterocycles. The Morgan fingerprint density at radius 2 is 1.91 bits per heavy atom. The minimum absolute atomic E-state index is 0. The summed E-state index contributed by atoms with van der Waals surface area (Å²) in [6, 6.07) is 11.4. The smallest absolute Gasteiger partial charge is 0.495 e. The molecule has 3 aromatic rings. The normalized spacial score (nSPS) is 10.4. The molecule has 0 unspecified atom stereocenters. The standard InChI is InChI=1S/C23H25ClN2O5.ClH/c1-14-7-5-6-8-16(14)21-15(2)26-19-12-20(28-4)18(24)11-17(19)22(21)30-13-31-23(27)29-10-9-25-3;/h5-8,11-12,25H,9-10,13H2,1-4H3;1H. The van der Waals surface area contributed by atoms with Gasteiger partial charge >= 0.3 is 6.16 Å². The van der Waals surface area contributed by atoms with Gasteiger partial charge in [0.05, 0.1) is 17.6 Å². The molecule has 2 aromatic carbocycles. The molecule has 1 aromatic heterocycles. The maximum atomic E-state index is 11.8. The van der Waals surface area contributed by atoms with E-state index in [1.165, 1.54) is 0 Å². The van der Waals surface area contributed by atoms with Crippen molar-refractivity contribution in [2.45, 2.75) is 13.8 Å². The number of hydrogen-bond donors (Lipinski definition) is 1. The van der Waals surface area contributed by atoms with E-state index >= 15 is 0 Å². The van der Waals surface area contributed by atoms with Gasteiger partial charge in [-0.25, -0.2) is 4.79 Å². The summed E-state index contributed by atoms with van der Waals surface area (Å²) in [6.45, 7) is 4.33. The van der Waals surface area contributed by atoms with Crippen LogP contribution >= 0.6 is 24.0 Å². The van der Waals surface area contributed by atoms with Crippen LogP contribution in [0.2, 0.25) is 5.02 Å². The number of carbonyl (C=O) groups excluding carboxylic acids is 1. The number of rotatable bonds is 8. The largest absolute Gasteiger partial charge is 0.511 e. The highest BCUT2D eigenvalue weighted by molar-refractivity contribution is 6.33. The number of fused-ring (bicyclic) bond motifs is 1. The Balaban J connectivity index is 0.00000363. The molecule has 0 aliphatic rings. The van der Waals surface area contributed by atoms with Crippen molar-refractivity contribution in [2.24, 2.45) is 0 Å². The molecule has 0 bridgehead atoms. The molecule has 0 amide bonds. The second kappa shape index (κ2) is 11.8. The third-order valence-electron chi connectivity index (χ3n) is 4.76. The van der Waals surface area contributed by atoms with Gasteiger partial charge in [-0.05, 0) is 38.1 Å². The van der Waals surface area contributed by atoms with Gasteiger partial charge in [0.1, 0.15) is 18.1 Å². The first-order valence-electron chi connectivity index (χ1n) is 9.77. The van der Waals surface area contributed by atoms with Gasteiger partial charge in [0, 0.05) is 29.3 Å². The van der Waals surface area contributed by atoms with E-state index in [9.17, 15) is 4.79 Å². The predicted molar refractivity (Wildman–Crippen MR) is 127 cm³/mol. The monoisotopic (exact) mass is 480 g/mol. The second-order valence-electron chi connectivity index (χ2n) is 6.83. The molecule has 0 aliphatic carbocycles. The topological polar surface area (TPSA) is 78.9 Å². The van der Waals surface area contributed by atoms with Gasteiger partial charge in [-0.2, -0.15) is 0 Å². The zero-order valence-corrected chi connectivity index (χ0v) is 19.9. The lowest BCUT2D eigenvalue weighted by Gasteiger charge is -2.18. The van der Waals surface area contributed by atoms with Crippen LogP contribution in [0.3, 0.4) is 0 Å².